The van der Waals surface area contributed by atoms with Gasteiger partial charge in [-0.1, -0.05) is 0 Å². The maximum absolute atomic E-state index is 11.4. The molecule has 0 N–H and O–H groups in total. The van der Waals surface area contributed by atoms with Gasteiger partial charge in [-0.15, -0.1) is 0 Å². The molecule has 0 saturated carbocycles. The SMILES string of the molecule is CCOC(=O)c1cnc(-c2ccc(C#N)cc2)o1. The van der Waals surface area contributed by atoms with E-state index in [-0.39, 0.29) is 12.4 Å². The van der Waals surface area contributed by atoms with Crippen LogP contribution in [0.1, 0.15) is 23.0 Å². The van der Waals surface area contributed by atoms with Gasteiger partial charge in [-0.3, -0.25) is 0 Å². The number of carbonyl (C=O) groups excluding carboxylic acids is 1. The Kier molecular flexibility index (Phi) is 3.39. The van der Waals surface area contributed by atoms with E-state index in [9.17, 15) is 4.79 Å². The van der Waals surface area contributed by atoms with Crippen molar-refractivity contribution in [1.82, 2.24) is 4.98 Å². The monoisotopic (exact) mass is 242 g/mol. The third kappa shape index (κ3) is 2.38. The summed E-state index contributed by atoms with van der Waals surface area (Å²) in [5, 5.41) is 8.68. The number of benzene rings is 1. The molecule has 18 heavy (non-hydrogen) atoms. The minimum absolute atomic E-state index is 0.0659. The lowest BCUT2D eigenvalue weighted by Crippen LogP contribution is -2.02. The first-order valence-electron chi connectivity index (χ1n) is 5.38. The van der Waals surface area contributed by atoms with Crippen LogP contribution in [0.2, 0.25) is 0 Å². The maximum atomic E-state index is 11.4. The highest BCUT2D eigenvalue weighted by Crippen LogP contribution is 2.19. The quantitative estimate of drug-likeness (QED) is 0.772. The van der Waals surface area contributed by atoms with Crippen LogP contribution < -0.4 is 0 Å². The number of carbonyl (C=O) groups is 1. The lowest BCUT2D eigenvalue weighted by molar-refractivity contribution is 0.0491. The van der Waals surface area contributed by atoms with Crippen molar-refractivity contribution in [2.75, 3.05) is 6.61 Å². The number of hydrogen-bond acceptors (Lipinski definition) is 5. The standard InChI is InChI=1S/C13H10N2O3/c1-2-17-13(16)11-8-15-12(18-11)10-5-3-9(7-14)4-6-10/h3-6,8H,2H2,1H3. The second kappa shape index (κ2) is 5.15. The summed E-state index contributed by atoms with van der Waals surface area (Å²) in [6.07, 6.45) is 1.32. The highest BCUT2D eigenvalue weighted by molar-refractivity contribution is 5.86. The average molecular weight is 242 g/mol. The van der Waals surface area contributed by atoms with Crippen molar-refractivity contribution in [2.45, 2.75) is 6.92 Å². The Hall–Kier alpha value is -2.61. The fraction of sp³-hybridized carbons (Fsp3) is 0.154. The first kappa shape index (κ1) is 11.9. The van der Waals surface area contributed by atoms with Crippen LogP contribution >= 0.6 is 0 Å². The van der Waals surface area contributed by atoms with Gasteiger partial charge in [0.25, 0.3) is 0 Å². The van der Waals surface area contributed by atoms with Crippen molar-refractivity contribution in [2.24, 2.45) is 0 Å². The third-order valence-corrected chi connectivity index (χ3v) is 2.24. The van der Waals surface area contributed by atoms with Crippen LogP contribution in [0.4, 0.5) is 0 Å². The van der Waals surface area contributed by atoms with E-state index < -0.39 is 5.97 Å². The summed E-state index contributed by atoms with van der Waals surface area (Å²) in [6, 6.07) is 8.75. The number of nitrogens with zero attached hydrogens (tertiary/aromatic N) is 2. The molecule has 0 saturated heterocycles. The molecule has 0 radical (unpaired) electrons. The molecule has 1 aromatic heterocycles. The maximum Gasteiger partial charge on any atom is 0.375 e. The fourth-order valence-electron chi connectivity index (χ4n) is 1.39. The molecular formula is C13H10N2O3. The van der Waals surface area contributed by atoms with Gasteiger partial charge < -0.3 is 9.15 Å². The van der Waals surface area contributed by atoms with E-state index in [1.165, 1.54) is 6.20 Å². The van der Waals surface area contributed by atoms with Crippen LogP contribution in [0.5, 0.6) is 0 Å². The van der Waals surface area contributed by atoms with Crippen LogP contribution in [0, 0.1) is 11.3 Å². The smallest absolute Gasteiger partial charge is 0.375 e. The molecule has 0 bridgehead atoms. The predicted octanol–water partition coefficient (Wildman–Crippen LogP) is 2.39. The van der Waals surface area contributed by atoms with Gasteiger partial charge >= 0.3 is 5.97 Å². The van der Waals surface area contributed by atoms with Gasteiger partial charge in [0, 0.05) is 5.56 Å². The molecule has 0 amide bonds. The van der Waals surface area contributed by atoms with Crippen molar-refractivity contribution < 1.29 is 13.9 Å². The number of aromatic nitrogens is 1. The number of rotatable bonds is 3. The van der Waals surface area contributed by atoms with E-state index in [0.29, 0.717) is 17.0 Å². The fourth-order valence-corrected chi connectivity index (χ4v) is 1.39. The number of oxazole rings is 1. The zero-order chi connectivity index (χ0) is 13.0. The van der Waals surface area contributed by atoms with Gasteiger partial charge in [-0.25, -0.2) is 9.78 Å². The predicted molar refractivity (Wildman–Crippen MR) is 62.6 cm³/mol. The number of ether oxygens (including phenoxy) is 1. The van der Waals surface area contributed by atoms with Crippen molar-refractivity contribution in [1.29, 1.82) is 5.26 Å². The molecule has 1 aromatic carbocycles. The molecule has 0 aliphatic carbocycles. The van der Waals surface area contributed by atoms with Gasteiger partial charge in [-0.05, 0) is 31.2 Å². The van der Waals surface area contributed by atoms with Crippen LogP contribution in [-0.2, 0) is 4.74 Å². The molecule has 5 heteroatoms. The number of hydrogen-bond donors (Lipinski definition) is 0. The molecule has 2 aromatic rings. The Bertz CT molecular complexity index is 593. The summed E-state index contributed by atoms with van der Waals surface area (Å²) in [7, 11) is 0. The van der Waals surface area contributed by atoms with Gasteiger partial charge in [0.15, 0.2) is 0 Å². The topological polar surface area (TPSA) is 76.1 Å². The molecule has 0 spiro atoms. The van der Waals surface area contributed by atoms with E-state index in [0.717, 1.165) is 0 Å². The molecule has 0 fully saturated rings. The lowest BCUT2D eigenvalue weighted by Gasteiger charge is -1.97. The van der Waals surface area contributed by atoms with E-state index in [4.69, 9.17) is 14.4 Å². The second-order valence-electron chi connectivity index (χ2n) is 3.44. The van der Waals surface area contributed by atoms with Gasteiger partial charge in [0.2, 0.25) is 11.7 Å². The average Bonchev–Trinajstić information content (AvgIpc) is 2.89. The normalized spacial score (nSPS) is 9.78. The molecule has 0 aliphatic heterocycles. The highest BCUT2D eigenvalue weighted by atomic mass is 16.5. The molecule has 90 valence electrons. The van der Waals surface area contributed by atoms with Gasteiger partial charge in [0.1, 0.15) is 0 Å². The Morgan fingerprint density at radius 2 is 2.17 bits per heavy atom. The van der Waals surface area contributed by atoms with E-state index in [2.05, 4.69) is 4.98 Å². The number of nitriles is 1. The van der Waals surface area contributed by atoms with E-state index in [1.807, 2.05) is 6.07 Å². The summed E-state index contributed by atoms with van der Waals surface area (Å²) in [6.45, 7) is 2.00. The Morgan fingerprint density at radius 1 is 1.44 bits per heavy atom. The Morgan fingerprint density at radius 3 is 2.78 bits per heavy atom. The summed E-state index contributed by atoms with van der Waals surface area (Å²) in [5.74, 6) is -0.149. The van der Waals surface area contributed by atoms with Crippen LogP contribution in [0.3, 0.4) is 0 Å². The minimum Gasteiger partial charge on any atom is -0.460 e. The largest absolute Gasteiger partial charge is 0.460 e. The third-order valence-electron chi connectivity index (χ3n) is 2.24. The zero-order valence-corrected chi connectivity index (χ0v) is 9.71. The molecule has 0 unspecified atom stereocenters. The van der Waals surface area contributed by atoms with E-state index >= 15 is 0 Å². The van der Waals surface area contributed by atoms with Gasteiger partial charge in [-0.2, -0.15) is 5.26 Å². The Balaban J connectivity index is 2.24. The lowest BCUT2D eigenvalue weighted by atomic mass is 10.1. The van der Waals surface area contributed by atoms with Crippen LogP contribution in [-0.4, -0.2) is 17.6 Å². The van der Waals surface area contributed by atoms with Crippen LogP contribution in [0.15, 0.2) is 34.9 Å². The second-order valence-corrected chi connectivity index (χ2v) is 3.44. The Labute approximate surface area is 104 Å². The molecule has 0 aliphatic rings. The zero-order valence-electron chi connectivity index (χ0n) is 9.71. The highest BCUT2D eigenvalue weighted by Gasteiger charge is 2.14. The van der Waals surface area contributed by atoms with Crippen molar-refractivity contribution in [3.63, 3.8) is 0 Å². The van der Waals surface area contributed by atoms with Crippen molar-refractivity contribution in [3.8, 4) is 17.5 Å². The molecular weight excluding hydrogens is 232 g/mol. The van der Waals surface area contributed by atoms with Crippen molar-refractivity contribution in [3.05, 3.63) is 41.8 Å². The first-order valence-corrected chi connectivity index (χ1v) is 5.38. The summed E-state index contributed by atoms with van der Waals surface area (Å²) >= 11 is 0. The van der Waals surface area contributed by atoms with Crippen LogP contribution in [0.25, 0.3) is 11.5 Å². The minimum atomic E-state index is -0.537. The summed E-state index contributed by atoms with van der Waals surface area (Å²) in [5.41, 5.74) is 1.25. The molecule has 1 heterocycles. The molecule has 0 atom stereocenters. The molecule has 2 rings (SSSR count). The molecule has 5 nitrogen and oxygen atoms in total. The van der Waals surface area contributed by atoms with Gasteiger partial charge in [0.05, 0.1) is 24.4 Å². The number of esters is 1. The van der Waals surface area contributed by atoms with Crippen molar-refractivity contribution >= 4 is 5.97 Å². The first-order chi connectivity index (χ1) is 8.74. The summed E-state index contributed by atoms with van der Waals surface area (Å²) < 4.78 is 10.1. The summed E-state index contributed by atoms with van der Waals surface area (Å²) in [4.78, 5) is 15.4. The van der Waals surface area contributed by atoms with E-state index in [1.54, 1.807) is 31.2 Å².